The molecule has 0 spiro atoms. The third-order valence-electron chi connectivity index (χ3n) is 3.69. The van der Waals surface area contributed by atoms with Crippen molar-refractivity contribution in [2.24, 2.45) is 0 Å². The maximum atomic E-state index is 12.3. The smallest absolute Gasteiger partial charge is 0.248 e. The number of anilines is 1. The van der Waals surface area contributed by atoms with E-state index in [0.717, 1.165) is 12.0 Å². The summed E-state index contributed by atoms with van der Waals surface area (Å²) >= 11 is 0. The van der Waals surface area contributed by atoms with E-state index in [2.05, 4.69) is 17.0 Å². The van der Waals surface area contributed by atoms with Crippen LogP contribution < -0.4 is 10.0 Å². The van der Waals surface area contributed by atoms with Crippen LogP contribution in [-0.4, -0.2) is 19.9 Å². The van der Waals surface area contributed by atoms with Gasteiger partial charge in [0.1, 0.15) is 0 Å². The van der Waals surface area contributed by atoms with E-state index in [0.29, 0.717) is 5.69 Å². The van der Waals surface area contributed by atoms with Crippen LogP contribution in [0.25, 0.3) is 6.08 Å². The highest BCUT2D eigenvalue weighted by Gasteiger charge is 2.21. The number of benzene rings is 2. The molecule has 0 aliphatic heterocycles. The molecule has 1 amide bonds. The molecule has 2 rings (SSSR count). The van der Waals surface area contributed by atoms with Gasteiger partial charge in [-0.1, -0.05) is 31.2 Å². The van der Waals surface area contributed by atoms with Gasteiger partial charge in [0.2, 0.25) is 15.9 Å². The number of sulfonamides is 1. The monoisotopic (exact) mass is 386 g/mol. The van der Waals surface area contributed by atoms with Crippen molar-refractivity contribution < 1.29 is 13.2 Å². The summed E-state index contributed by atoms with van der Waals surface area (Å²) in [6.07, 6.45) is 4.16. The number of carbonyl (C=O) groups excluding carboxylic acids is 1. The molecule has 0 fully saturated rings. The first-order valence-corrected chi connectivity index (χ1v) is 10.3. The van der Waals surface area contributed by atoms with E-state index < -0.39 is 15.6 Å². The second kappa shape index (κ2) is 8.50. The first-order chi connectivity index (χ1) is 12.6. The standard InChI is InChI=1S/C21H26N2O3S/c1-5-16-6-8-17(9-7-16)10-15-20(24)22-18-11-13-19(14-12-18)27(25,26)23-21(2,3)4/h6-15,23H,5H2,1-4H3,(H,22,24)/b15-10+. The van der Waals surface area contributed by atoms with Crippen LogP contribution in [0.15, 0.2) is 59.5 Å². The van der Waals surface area contributed by atoms with Crippen molar-refractivity contribution in [1.82, 2.24) is 4.72 Å². The van der Waals surface area contributed by atoms with Crippen LogP contribution in [0.1, 0.15) is 38.8 Å². The zero-order valence-electron chi connectivity index (χ0n) is 16.1. The lowest BCUT2D eigenvalue weighted by Crippen LogP contribution is -2.40. The largest absolute Gasteiger partial charge is 0.323 e. The molecule has 0 saturated heterocycles. The summed E-state index contributed by atoms with van der Waals surface area (Å²) in [7, 11) is -3.59. The highest BCUT2D eigenvalue weighted by molar-refractivity contribution is 7.89. The summed E-state index contributed by atoms with van der Waals surface area (Å²) in [6.45, 7) is 7.43. The third kappa shape index (κ3) is 6.66. The summed E-state index contributed by atoms with van der Waals surface area (Å²) < 4.78 is 27.1. The molecule has 144 valence electrons. The van der Waals surface area contributed by atoms with Crippen LogP contribution in [0.4, 0.5) is 5.69 Å². The number of amides is 1. The number of hydrogen-bond acceptors (Lipinski definition) is 3. The van der Waals surface area contributed by atoms with Crippen LogP contribution in [0.2, 0.25) is 0 Å². The second-order valence-corrected chi connectivity index (χ2v) is 8.98. The number of aryl methyl sites for hydroxylation is 1. The van der Waals surface area contributed by atoms with Crippen molar-refractivity contribution in [3.63, 3.8) is 0 Å². The maximum Gasteiger partial charge on any atom is 0.248 e. The molecule has 2 aromatic rings. The number of carbonyl (C=O) groups is 1. The number of rotatable bonds is 6. The van der Waals surface area contributed by atoms with Crippen LogP contribution in [0.5, 0.6) is 0 Å². The lowest BCUT2D eigenvalue weighted by atomic mass is 10.1. The molecule has 0 atom stereocenters. The summed E-state index contributed by atoms with van der Waals surface area (Å²) in [4.78, 5) is 12.2. The van der Waals surface area contributed by atoms with Gasteiger partial charge in [-0.3, -0.25) is 4.79 Å². The van der Waals surface area contributed by atoms with E-state index >= 15 is 0 Å². The highest BCUT2D eigenvalue weighted by atomic mass is 32.2. The van der Waals surface area contributed by atoms with Crippen molar-refractivity contribution in [2.75, 3.05) is 5.32 Å². The van der Waals surface area contributed by atoms with Gasteiger partial charge in [0.05, 0.1) is 4.90 Å². The van der Waals surface area contributed by atoms with Crippen LogP contribution >= 0.6 is 0 Å². The van der Waals surface area contributed by atoms with E-state index in [1.807, 2.05) is 24.3 Å². The lowest BCUT2D eigenvalue weighted by molar-refractivity contribution is -0.111. The van der Waals surface area contributed by atoms with E-state index in [1.54, 1.807) is 39.0 Å². The summed E-state index contributed by atoms with van der Waals surface area (Å²) in [5.74, 6) is -0.280. The molecule has 2 N–H and O–H groups in total. The molecule has 0 unspecified atom stereocenters. The molecular formula is C21H26N2O3S. The summed E-state index contributed by atoms with van der Waals surface area (Å²) in [6, 6.07) is 14.1. The zero-order valence-corrected chi connectivity index (χ0v) is 16.9. The average molecular weight is 387 g/mol. The second-order valence-electron chi connectivity index (χ2n) is 7.30. The molecule has 0 aliphatic rings. The fourth-order valence-corrected chi connectivity index (χ4v) is 3.82. The Bertz CT molecular complexity index is 907. The van der Waals surface area contributed by atoms with Crippen LogP contribution in [0, 0.1) is 0 Å². The van der Waals surface area contributed by atoms with Crippen molar-refractivity contribution in [1.29, 1.82) is 0 Å². The van der Waals surface area contributed by atoms with Gasteiger partial charge >= 0.3 is 0 Å². The molecule has 27 heavy (non-hydrogen) atoms. The van der Waals surface area contributed by atoms with Crippen molar-refractivity contribution >= 4 is 27.7 Å². The molecule has 5 nitrogen and oxygen atoms in total. The molecular weight excluding hydrogens is 360 g/mol. The predicted octanol–water partition coefficient (Wildman–Crippen LogP) is 3.98. The van der Waals surface area contributed by atoms with Crippen molar-refractivity contribution in [3.05, 3.63) is 65.7 Å². The Labute approximate surface area is 161 Å². The van der Waals surface area contributed by atoms with Crippen LogP contribution in [-0.2, 0) is 21.2 Å². The zero-order chi connectivity index (χ0) is 20.1. The Hall–Kier alpha value is -2.44. The van der Waals surface area contributed by atoms with E-state index in [1.165, 1.54) is 23.8 Å². The minimum atomic E-state index is -3.59. The van der Waals surface area contributed by atoms with Gasteiger partial charge in [-0.15, -0.1) is 0 Å². The molecule has 0 heterocycles. The fraction of sp³-hybridized carbons (Fsp3) is 0.286. The first-order valence-electron chi connectivity index (χ1n) is 8.81. The minimum Gasteiger partial charge on any atom is -0.323 e. The minimum absolute atomic E-state index is 0.155. The third-order valence-corrected chi connectivity index (χ3v) is 5.46. The van der Waals surface area contributed by atoms with Crippen molar-refractivity contribution in [2.45, 2.75) is 44.6 Å². The fourth-order valence-electron chi connectivity index (χ4n) is 2.40. The van der Waals surface area contributed by atoms with Gasteiger partial charge in [-0.25, -0.2) is 13.1 Å². The van der Waals surface area contributed by atoms with Gasteiger partial charge in [-0.05, 0) is 68.7 Å². The predicted molar refractivity (Wildman–Crippen MR) is 110 cm³/mol. The molecule has 0 aromatic heterocycles. The summed E-state index contributed by atoms with van der Waals surface area (Å²) in [5, 5.41) is 2.72. The Morgan fingerprint density at radius 3 is 2.11 bits per heavy atom. The van der Waals surface area contributed by atoms with E-state index in [9.17, 15) is 13.2 Å². The summed E-state index contributed by atoms with van der Waals surface area (Å²) in [5.41, 5.74) is 2.15. The molecule has 0 aliphatic carbocycles. The molecule has 2 aromatic carbocycles. The lowest BCUT2D eigenvalue weighted by Gasteiger charge is -2.20. The van der Waals surface area contributed by atoms with Gasteiger partial charge < -0.3 is 5.32 Å². The highest BCUT2D eigenvalue weighted by Crippen LogP contribution is 2.16. The van der Waals surface area contributed by atoms with Gasteiger partial charge in [0, 0.05) is 17.3 Å². The van der Waals surface area contributed by atoms with Crippen molar-refractivity contribution in [3.8, 4) is 0 Å². The SMILES string of the molecule is CCc1ccc(/C=C/C(=O)Nc2ccc(S(=O)(=O)NC(C)(C)C)cc2)cc1. The maximum absolute atomic E-state index is 12.3. The Morgan fingerprint density at radius 2 is 1.59 bits per heavy atom. The average Bonchev–Trinajstić information content (AvgIpc) is 2.59. The van der Waals surface area contributed by atoms with Gasteiger partial charge in [0.25, 0.3) is 0 Å². The van der Waals surface area contributed by atoms with Gasteiger partial charge in [-0.2, -0.15) is 0 Å². The number of hydrogen-bond donors (Lipinski definition) is 2. The first kappa shape index (κ1) is 20.9. The molecule has 0 bridgehead atoms. The Morgan fingerprint density at radius 1 is 1.00 bits per heavy atom. The Kier molecular flexibility index (Phi) is 6.57. The van der Waals surface area contributed by atoms with Crippen LogP contribution in [0.3, 0.4) is 0 Å². The molecule has 0 saturated carbocycles. The topological polar surface area (TPSA) is 75.3 Å². The quantitative estimate of drug-likeness (QED) is 0.738. The Balaban J connectivity index is 2.01. The normalized spacial score (nSPS) is 12.3. The molecule has 6 heteroatoms. The number of nitrogens with one attached hydrogen (secondary N) is 2. The van der Waals surface area contributed by atoms with Gasteiger partial charge in [0.15, 0.2) is 0 Å². The molecule has 0 radical (unpaired) electrons. The van der Waals surface area contributed by atoms with E-state index in [-0.39, 0.29) is 10.8 Å². The van der Waals surface area contributed by atoms with E-state index in [4.69, 9.17) is 0 Å².